The summed E-state index contributed by atoms with van der Waals surface area (Å²) in [6, 6.07) is 1.52. The number of ether oxygens (including phenoxy) is 1. The molecule has 2 aromatic rings. The van der Waals surface area contributed by atoms with Crippen molar-refractivity contribution in [3.63, 3.8) is 0 Å². The summed E-state index contributed by atoms with van der Waals surface area (Å²) in [5, 5.41) is 5.95. The smallest absolute Gasteiger partial charge is 0.339 e. The van der Waals surface area contributed by atoms with Crippen LogP contribution < -0.4 is 10.6 Å². The zero-order chi connectivity index (χ0) is 21.8. The Balaban J connectivity index is 1.46. The number of carbonyl (C=O) groups excluding carboxylic acids is 3. The average Bonchev–Trinajstić information content (AvgIpc) is 3.14. The summed E-state index contributed by atoms with van der Waals surface area (Å²) >= 11 is 1.50. The van der Waals surface area contributed by atoms with Crippen LogP contribution in [0.1, 0.15) is 34.1 Å². The van der Waals surface area contributed by atoms with E-state index in [2.05, 4.69) is 12.2 Å². The van der Waals surface area contributed by atoms with Gasteiger partial charge in [0.15, 0.2) is 24.1 Å². The largest absolute Gasteiger partial charge is 0.452 e. The van der Waals surface area contributed by atoms with Crippen LogP contribution in [-0.4, -0.2) is 30.9 Å². The second-order valence-corrected chi connectivity index (χ2v) is 7.99. The Morgan fingerprint density at radius 2 is 1.93 bits per heavy atom. The number of anilines is 1. The molecule has 1 aromatic heterocycles. The molecule has 0 saturated carbocycles. The highest BCUT2D eigenvalue weighted by Gasteiger charge is 2.24. The van der Waals surface area contributed by atoms with Crippen LogP contribution in [0.4, 0.5) is 18.9 Å². The number of rotatable bonds is 6. The number of thiophene rings is 1. The van der Waals surface area contributed by atoms with E-state index >= 15 is 0 Å². The molecule has 2 amide bonds. The number of hydrogen-bond acceptors (Lipinski definition) is 5. The minimum atomic E-state index is -1.71. The Morgan fingerprint density at radius 3 is 2.70 bits per heavy atom. The summed E-state index contributed by atoms with van der Waals surface area (Å²) in [5.41, 5.74) is 0.869. The zero-order valence-electron chi connectivity index (χ0n) is 16.0. The molecule has 0 radical (unpaired) electrons. The van der Waals surface area contributed by atoms with Crippen molar-refractivity contribution in [3.05, 3.63) is 51.0 Å². The van der Waals surface area contributed by atoms with Gasteiger partial charge in [-0.25, -0.2) is 18.0 Å². The number of esters is 1. The van der Waals surface area contributed by atoms with Gasteiger partial charge in [0.05, 0.1) is 17.8 Å². The van der Waals surface area contributed by atoms with Gasteiger partial charge < -0.3 is 15.4 Å². The maximum absolute atomic E-state index is 13.5. The van der Waals surface area contributed by atoms with Crippen LogP contribution in [0.3, 0.4) is 0 Å². The van der Waals surface area contributed by atoms with Gasteiger partial charge in [0.25, 0.3) is 5.91 Å². The van der Waals surface area contributed by atoms with E-state index in [0.29, 0.717) is 17.5 Å². The molecule has 30 heavy (non-hydrogen) atoms. The van der Waals surface area contributed by atoms with Crippen molar-refractivity contribution >= 4 is 34.8 Å². The lowest BCUT2D eigenvalue weighted by molar-refractivity contribution is -0.126. The van der Waals surface area contributed by atoms with Crippen molar-refractivity contribution in [2.75, 3.05) is 18.5 Å². The molecule has 2 N–H and O–H groups in total. The van der Waals surface area contributed by atoms with Gasteiger partial charge >= 0.3 is 5.97 Å². The van der Waals surface area contributed by atoms with Crippen LogP contribution in [0.25, 0.3) is 0 Å². The van der Waals surface area contributed by atoms with Crippen molar-refractivity contribution < 1.29 is 32.3 Å². The molecule has 6 nitrogen and oxygen atoms in total. The third-order valence-corrected chi connectivity index (χ3v) is 5.76. The molecule has 1 aromatic carbocycles. The van der Waals surface area contributed by atoms with Gasteiger partial charge in [0.2, 0.25) is 5.91 Å². The van der Waals surface area contributed by atoms with Crippen molar-refractivity contribution in [3.8, 4) is 0 Å². The van der Waals surface area contributed by atoms with Gasteiger partial charge in [0, 0.05) is 10.3 Å². The minimum absolute atomic E-state index is 0.459. The van der Waals surface area contributed by atoms with E-state index < -0.39 is 54.1 Å². The molecule has 1 atom stereocenters. The van der Waals surface area contributed by atoms with E-state index in [4.69, 9.17) is 4.74 Å². The Morgan fingerprint density at radius 1 is 1.17 bits per heavy atom. The van der Waals surface area contributed by atoms with Crippen molar-refractivity contribution in [2.24, 2.45) is 5.92 Å². The number of hydrogen-bond donors (Lipinski definition) is 2. The zero-order valence-corrected chi connectivity index (χ0v) is 16.8. The number of benzene rings is 1. The number of halogens is 3. The molecular weight excluding hydrogens is 421 g/mol. The molecule has 10 heteroatoms. The van der Waals surface area contributed by atoms with E-state index in [9.17, 15) is 27.6 Å². The molecule has 1 aliphatic carbocycles. The Kier molecular flexibility index (Phi) is 6.76. The number of nitrogens with one attached hydrogen (secondary N) is 2. The van der Waals surface area contributed by atoms with Crippen LogP contribution >= 0.6 is 11.3 Å². The van der Waals surface area contributed by atoms with Crippen molar-refractivity contribution in [1.29, 1.82) is 0 Å². The number of carbonyl (C=O) groups is 3. The summed E-state index contributed by atoms with van der Waals surface area (Å²) in [6.45, 7) is 0.995. The van der Waals surface area contributed by atoms with E-state index in [1.54, 1.807) is 5.38 Å². The first-order valence-corrected chi connectivity index (χ1v) is 10.1. The molecule has 0 bridgehead atoms. The topological polar surface area (TPSA) is 84.5 Å². The fourth-order valence-electron chi connectivity index (χ4n) is 3.10. The first kappa shape index (κ1) is 21.8. The second-order valence-electron chi connectivity index (χ2n) is 7.02. The SMILES string of the molecule is CC1CCc2c(C(=O)OCC(=O)NCC(=O)Nc3ccc(F)c(F)c3F)csc2C1. The molecule has 0 aliphatic heterocycles. The molecule has 160 valence electrons. The standard InChI is InChI=1S/C20H19F3N2O4S/c1-10-2-3-11-12(9-30-15(11)6-10)20(28)29-8-17(27)24-7-16(26)25-14-5-4-13(21)18(22)19(14)23/h4-5,9-10H,2-3,6-8H2,1H3,(H,24,27)(H,25,26). The van der Waals surface area contributed by atoms with Crippen molar-refractivity contribution in [2.45, 2.75) is 26.2 Å². The summed E-state index contributed by atoms with van der Waals surface area (Å²) in [5.74, 6) is -6.28. The Labute approximate surface area is 174 Å². The van der Waals surface area contributed by atoms with Crippen LogP contribution in [-0.2, 0) is 27.2 Å². The maximum Gasteiger partial charge on any atom is 0.339 e. The highest BCUT2D eigenvalue weighted by molar-refractivity contribution is 7.10. The monoisotopic (exact) mass is 440 g/mol. The van der Waals surface area contributed by atoms with Gasteiger partial charge in [-0.2, -0.15) is 0 Å². The van der Waals surface area contributed by atoms with Gasteiger partial charge in [-0.05, 0) is 42.9 Å². The molecule has 3 rings (SSSR count). The highest BCUT2D eigenvalue weighted by atomic mass is 32.1. The van der Waals surface area contributed by atoms with Gasteiger partial charge in [0.1, 0.15) is 0 Å². The molecule has 1 aliphatic rings. The normalized spacial score (nSPS) is 15.3. The first-order valence-electron chi connectivity index (χ1n) is 9.22. The lowest BCUT2D eigenvalue weighted by Crippen LogP contribution is -2.35. The predicted octanol–water partition coefficient (Wildman–Crippen LogP) is 3.20. The minimum Gasteiger partial charge on any atom is -0.452 e. The molecule has 0 saturated heterocycles. The third-order valence-electron chi connectivity index (χ3n) is 4.71. The molecule has 1 unspecified atom stereocenters. The predicted molar refractivity (Wildman–Crippen MR) is 104 cm³/mol. The second kappa shape index (κ2) is 9.29. The summed E-state index contributed by atoms with van der Waals surface area (Å²) < 4.78 is 44.6. The van der Waals surface area contributed by atoms with Gasteiger partial charge in [-0.1, -0.05) is 6.92 Å². The molecular formula is C20H19F3N2O4S. The third kappa shape index (κ3) is 4.99. The molecule has 0 fully saturated rings. The van der Waals surface area contributed by atoms with Gasteiger partial charge in [-0.3, -0.25) is 9.59 Å². The van der Waals surface area contributed by atoms with E-state index in [1.807, 2.05) is 5.32 Å². The Bertz CT molecular complexity index is 993. The number of fused-ring (bicyclic) bond motifs is 1. The van der Waals surface area contributed by atoms with E-state index in [1.165, 1.54) is 11.3 Å². The van der Waals surface area contributed by atoms with Crippen LogP contribution in [0, 0.1) is 23.4 Å². The summed E-state index contributed by atoms with van der Waals surface area (Å²) in [7, 11) is 0. The maximum atomic E-state index is 13.5. The quantitative estimate of drug-likeness (QED) is 0.534. The Hall–Kier alpha value is -2.88. The van der Waals surface area contributed by atoms with Gasteiger partial charge in [-0.15, -0.1) is 11.3 Å². The summed E-state index contributed by atoms with van der Waals surface area (Å²) in [4.78, 5) is 37.0. The van der Waals surface area contributed by atoms with E-state index in [-0.39, 0.29) is 0 Å². The first-order chi connectivity index (χ1) is 14.3. The lowest BCUT2D eigenvalue weighted by Gasteiger charge is -2.18. The summed E-state index contributed by atoms with van der Waals surface area (Å²) in [6.07, 6.45) is 2.69. The van der Waals surface area contributed by atoms with E-state index in [0.717, 1.165) is 35.8 Å². The number of amides is 2. The lowest BCUT2D eigenvalue weighted by atomic mass is 9.88. The molecule has 0 spiro atoms. The fraction of sp³-hybridized carbons (Fsp3) is 0.350. The molecule has 1 heterocycles. The van der Waals surface area contributed by atoms with Crippen molar-refractivity contribution in [1.82, 2.24) is 5.32 Å². The highest BCUT2D eigenvalue weighted by Crippen LogP contribution is 2.33. The average molecular weight is 440 g/mol. The van der Waals surface area contributed by atoms with Crippen LogP contribution in [0.15, 0.2) is 17.5 Å². The fourth-order valence-corrected chi connectivity index (χ4v) is 4.34. The van der Waals surface area contributed by atoms with Crippen LogP contribution in [0.2, 0.25) is 0 Å². The van der Waals surface area contributed by atoms with Crippen LogP contribution in [0.5, 0.6) is 0 Å².